The lowest BCUT2D eigenvalue weighted by Crippen LogP contribution is -2.01. The van der Waals surface area contributed by atoms with Gasteiger partial charge in [-0.2, -0.15) is 0 Å². The van der Waals surface area contributed by atoms with Crippen molar-refractivity contribution in [2.45, 2.75) is 10.6 Å². The van der Waals surface area contributed by atoms with E-state index in [1.54, 1.807) is 30.5 Å². The van der Waals surface area contributed by atoms with Crippen LogP contribution in [-0.4, -0.2) is 11.1 Å². The highest BCUT2D eigenvalue weighted by Crippen LogP contribution is 2.31. The zero-order chi connectivity index (χ0) is 12.3. The second-order valence-electron chi connectivity index (χ2n) is 3.40. The topological polar surface area (TPSA) is 76.5 Å². The quantitative estimate of drug-likeness (QED) is 0.643. The van der Waals surface area contributed by atoms with Gasteiger partial charge in [0.1, 0.15) is 5.76 Å². The van der Waals surface area contributed by atoms with Crippen molar-refractivity contribution < 1.29 is 14.3 Å². The number of nitrogens with two attached hydrogens (primary N) is 1. The molecule has 1 heterocycles. The van der Waals surface area contributed by atoms with Crippen LogP contribution in [0.4, 0.5) is 5.69 Å². The van der Waals surface area contributed by atoms with Crippen molar-refractivity contribution in [3.63, 3.8) is 0 Å². The van der Waals surface area contributed by atoms with Crippen molar-refractivity contribution >= 4 is 23.4 Å². The normalized spacial score (nSPS) is 10.4. The molecule has 0 saturated heterocycles. The number of carboxylic acid groups (broad SMARTS) is 1. The summed E-state index contributed by atoms with van der Waals surface area (Å²) >= 11 is 1.36. The van der Waals surface area contributed by atoms with Gasteiger partial charge in [0.15, 0.2) is 0 Å². The van der Waals surface area contributed by atoms with Gasteiger partial charge in [-0.15, -0.1) is 11.8 Å². The van der Waals surface area contributed by atoms with E-state index in [-0.39, 0.29) is 5.56 Å². The number of carboxylic acids is 1. The standard InChI is InChI=1S/C12H11NO3S/c13-10-5-1-4-9(12(14)15)11(10)17-7-8-3-2-6-16-8/h1-6H,7,13H2,(H,14,15). The number of hydrogen-bond acceptors (Lipinski definition) is 4. The molecule has 3 N–H and O–H groups in total. The van der Waals surface area contributed by atoms with Gasteiger partial charge < -0.3 is 15.3 Å². The number of anilines is 1. The Morgan fingerprint density at radius 1 is 1.35 bits per heavy atom. The monoisotopic (exact) mass is 249 g/mol. The van der Waals surface area contributed by atoms with E-state index in [0.717, 1.165) is 5.76 Å². The third kappa shape index (κ3) is 2.62. The van der Waals surface area contributed by atoms with Crippen LogP contribution in [0.5, 0.6) is 0 Å². The largest absolute Gasteiger partial charge is 0.478 e. The van der Waals surface area contributed by atoms with Crippen LogP contribution in [-0.2, 0) is 5.75 Å². The molecule has 0 spiro atoms. The number of furan rings is 1. The van der Waals surface area contributed by atoms with Crippen LogP contribution in [0.1, 0.15) is 16.1 Å². The first-order valence-corrected chi connectivity index (χ1v) is 5.94. The summed E-state index contributed by atoms with van der Waals surface area (Å²) in [6.07, 6.45) is 1.59. The average Bonchev–Trinajstić information content (AvgIpc) is 2.80. The summed E-state index contributed by atoms with van der Waals surface area (Å²) in [7, 11) is 0. The Hall–Kier alpha value is -1.88. The van der Waals surface area contributed by atoms with Crippen molar-refractivity contribution in [2.75, 3.05) is 5.73 Å². The van der Waals surface area contributed by atoms with Gasteiger partial charge in [-0.25, -0.2) is 4.79 Å². The Bertz CT molecular complexity index is 523. The van der Waals surface area contributed by atoms with Gasteiger partial charge in [0.05, 0.1) is 17.6 Å². The highest BCUT2D eigenvalue weighted by molar-refractivity contribution is 7.98. The smallest absolute Gasteiger partial charge is 0.336 e. The fourth-order valence-corrected chi connectivity index (χ4v) is 2.42. The van der Waals surface area contributed by atoms with E-state index in [9.17, 15) is 4.79 Å². The maximum Gasteiger partial charge on any atom is 0.336 e. The minimum absolute atomic E-state index is 0.224. The van der Waals surface area contributed by atoms with Gasteiger partial charge in [0, 0.05) is 10.6 Å². The number of nitrogen functional groups attached to an aromatic ring is 1. The van der Waals surface area contributed by atoms with Crippen LogP contribution >= 0.6 is 11.8 Å². The molecule has 0 saturated carbocycles. The lowest BCUT2D eigenvalue weighted by atomic mass is 10.2. The van der Waals surface area contributed by atoms with Crippen molar-refractivity contribution in [1.29, 1.82) is 0 Å². The van der Waals surface area contributed by atoms with E-state index in [4.69, 9.17) is 15.3 Å². The van der Waals surface area contributed by atoms with Gasteiger partial charge in [-0.3, -0.25) is 0 Å². The first-order valence-electron chi connectivity index (χ1n) is 4.95. The van der Waals surface area contributed by atoms with E-state index in [1.807, 2.05) is 6.07 Å². The van der Waals surface area contributed by atoms with Crippen LogP contribution in [0, 0.1) is 0 Å². The molecule has 0 fully saturated rings. The Balaban J connectivity index is 2.22. The number of thioether (sulfide) groups is 1. The van der Waals surface area contributed by atoms with Crippen LogP contribution in [0.2, 0.25) is 0 Å². The number of rotatable bonds is 4. The summed E-state index contributed by atoms with van der Waals surface area (Å²) in [6, 6.07) is 8.50. The van der Waals surface area contributed by atoms with Crippen LogP contribution in [0.25, 0.3) is 0 Å². The molecular formula is C12H11NO3S. The summed E-state index contributed by atoms with van der Waals surface area (Å²) in [5, 5.41) is 9.05. The number of hydrogen-bond donors (Lipinski definition) is 2. The number of carbonyl (C=O) groups is 1. The van der Waals surface area contributed by atoms with Crippen LogP contribution in [0.15, 0.2) is 45.9 Å². The van der Waals surface area contributed by atoms with Gasteiger partial charge in [0.25, 0.3) is 0 Å². The zero-order valence-corrected chi connectivity index (χ0v) is 9.74. The molecule has 5 heteroatoms. The molecule has 0 radical (unpaired) electrons. The zero-order valence-electron chi connectivity index (χ0n) is 8.92. The second-order valence-corrected chi connectivity index (χ2v) is 4.38. The van der Waals surface area contributed by atoms with Crippen LogP contribution < -0.4 is 5.73 Å². The minimum atomic E-state index is -0.973. The lowest BCUT2D eigenvalue weighted by Gasteiger charge is -2.07. The highest BCUT2D eigenvalue weighted by atomic mass is 32.2. The van der Waals surface area contributed by atoms with Gasteiger partial charge in [0.2, 0.25) is 0 Å². The molecule has 0 aliphatic heterocycles. The highest BCUT2D eigenvalue weighted by Gasteiger charge is 2.13. The first kappa shape index (κ1) is 11.6. The first-order chi connectivity index (χ1) is 8.18. The third-order valence-corrected chi connectivity index (χ3v) is 3.39. The predicted molar refractivity (Wildman–Crippen MR) is 66.1 cm³/mol. The summed E-state index contributed by atoms with van der Waals surface area (Å²) in [4.78, 5) is 11.6. The van der Waals surface area contributed by atoms with E-state index in [0.29, 0.717) is 16.3 Å². The van der Waals surface area contributed by atoms with Gasteiger partial charge >= 0.3 is 5.97 Å². The summed E-state index contributed by atoms with van der Waals surface area (Å²) in [5.74, 6) is 0.371. The molecule has 0 aliphatic rings. The second kappa shape index (κ2) is 4.97. The van der Waals surface area contributed by atoms with E-state index >= 15 is 0 Å². The minimum Gasteiger partial charge on any atom is -0.478 e. The van der Waals surface area contributed by atoms with E-state index in [1.165, 1.54) is 11.8 Å². The molecule has 0 aliphatic carbocycles. The van der Waals surface area contributed by atoms with Gasteiger partial charge in [-0.1, -0.05) is 6.07 Å². The predicted octanol–water partition coefficient (Wildman–Crippen LogP) is 2.85. The molecular weight excluding hydrogens is 238 g/mol. The number of benzene rings is 1. The fourth-order valence-electron chi connectivity index (χ4n) is 1.42. The summed E-state index contributed by atoms with van der Waals surface area (Å²) < 4.78 is 5.19. The molecule has 2 rings (SSSR count). The number of aromatic carboxylic acids is 1. The van der Waals surface area contributed by atoms with Crippen molar-refractivity contribution in [3.8, 4) is 0 Å². The molecule has 1 aromatic carbocycles. The van der Waals surface area contributed by atoms with Crippen molar-refractivity contribution in [2.24, 2.45) is 0 Å². The lowest BCUT2D eigenvalue weighted by molar-refractivity contribution is 0.0693. The Morgan fingerprint density at radius 2 is 2.18 bits per heavy atom. The third-order valence-electron chi connectivity index (χ3n) is 2.21. The molecule has 4 nitrogen and oxygen atoms in total. The molecule has 17 heavy (non-hydrogen) atoms. The summed E-state index contributed by atoms with van der Waals surface area (Å²) in [6.45, 7) is 0. The van der Waals surface area contributed by atoms with E-state index < -0.39 is 5.97 Å². The molecule has 0 atom stereocenters. The Morgan fingerprint density at radius 3 is 2.82 bits per heavy atom. The van der Waals surface area contributed by atoms with E-state index in [2.05, 4.69) is 0 Å². The molecule has 0 unspecified atom stereocenters. The SMILES string of the molecule is Nc1cccc(C(=O)O)c1SCc1ccco1. The Labute approximate surface area is 102 Å². The molecule has 2 aromatic rings. The maximum atomic E-state index is 11.0. The van der Waals surface area contributed by atoms with Gasteiger partial charge in [-0.05, 0) is 24.3 Å². The molecule has 0 amide bonds. The summed E-state index contributed by atoms with van der Waals surface area (Å²) in [5.41, 5.74) is 6.48. The Kier molecular flexibility index (Phi) is 3.39. The fraction of sp³-hybridized carbons (Fsp3) is 0.0833. The van der Waals surface area contributed by atoms with Crippen molar-refractivity contribution in [1.82, 2.24) is 0 Å². The van der Waals surface area contributed by atoms with Crippen LogP contribution in [0.3, 0.4) is 0 Å². The molecule has 0 bridgehead atoms. The molecule has 1 aromatic heterocycles. The van der Waals surface area contributed by atoms with Crippen molar-refractivity contribution in [3.05, 3.63) is 47.9 Å². The maximum absolute atomic E-state index is 11.0. The molecule has 88 valence electrons. The average molecular weight is 249 g/mol.